The van der Waals surface area contributed by atoms with Crippen molar-refractivity contribution in [1.29, 1.82) is 0 Å². The molecular formula is C19H22FN3S. The van der Waals surface area contributed by atoms with Gasteiger partial charge in [0.15, 0.2) is 5.11 Å². The van der Waals surface area contributed by atoms with Gasteiger partial charge in [-0.15, -0.1) is 0 Å². The predicted octanol–water partition coefficient (Wildman–Crippen LogP) is 3.82. The molecule has 1 N–H and O–H groups in total. The number of piperazine rings is 1. The van der Waals surface area contributed by atoms with E-state index in [-0.39, 0.29) is 11.9 Å². The average molecular weight is 343 g/mol. The summed E-state index contributed by atoms with van der Waals surface area (Å²) in [5, 5.41) is 3.83. The van der Waals surface area contributed by atoms with E-state index in [2.05, 4.69) is 34.3 Å². The van der Waals surface area contributed by atoms with Crippen LogP contribution in [0.5, 0.6) is 0 Å². The van der Waals surface area contributed by atoms with Crippen LogP contribution in [0.3, 0.4) is 0 Å². The van der Waals surface area contributed by atoms with Gasteiger partial charge in [-0.2, -0.15) is 0 Å². The Kier molecular flexibility index (Phi) is 5.11. The molecule has 3 nitrogen and oxygen atoms in total. The summed E-state index contributed by atoms with van der Waals surface area (Å²) in [7, 11) is 2.12. The Morgan fingerprint density at radius 1 is 1.17 bits per heavy atom. The van der Waals surface area contributed by atoms with E-state index >= 15 is 0 Å². The number of benzene rings is 2. The second-order valence-corrected chi connectivity index (χ2v) is 6.66. The molecule has 2 aromatic rings. The van der Waals surface area contributed by atoms with Crippen molar-refractivity contribution in [3.05, 3.63) is 65.5 Å². The van der Waals surface area contributed by atoms with Crippen LogP contribution in [0.2, 0.25) is 0 Å². The number of nitrogens with zero attached hydrogens (tertiary/aromatic N) is 2. The van der Waals surface area contributed by atoms with Gasteiger partial charge in [-0.25, -0.2) is 4.39 Å². The first-order valence-electron chi connectivity index (χ1n) is 8.12. The molecule has 0 unspecified atom stereocenters. The molecule has 0 saturated carbocycles. The molecule has 5 heteroatoms. The molecule has 24 heavy (non-hydrogen) atoms. The Labute approximate surface area is 148 Å². The Balaban J connectivity index is 1.79. The van der Waals surface area contributed by atoms with Crippen molar-refractivity contribution >= 4 is 23.0 Å². The largest absolute Gasteiger partial charge is 0.339 e. The quantitative estimate of drug-likeness (QED) is 0.835. The molecular weight excluding hydrogens is 321 g/mol. The third-order valence-corrected chi connectivity index (χ3v) is 4.79. The molecule has 1 aliphatic heterocycles. The highest BCUT2D eigenvalue weighted by molar-refractivity contribution is 7.80. The highest BCUT2D eigenvalue weighted by Crippen LogP contribution is 2.26. The predicted molar refractivity (Wildman–Crippen MR) is 101 cm³/mol. The number of halogens is 1. The highest BCUT2D eigenvalue weighted by Gasteiger charge is 2.28. The Morgan fingerprint density at radius 2 is 1.92 bits per heavy atom. The van der Waals surface area contributed by atoms with Gasteiger partial charge in [0.05, 0.1) is 6.04 Å². The van der Waals surface area contributed by atoms with Crippen LogP contribution in [0.15, 0.2) is 48.5 Å². The van der Waals surface area contributed by atoms with Gasteiger partial charge in [0.1, 0.15) is 5.82 Å². The normalized spacial score (nSPS) is 18.5. The molecule has 1 heterocycles. The average Bonchev–Trinajstić information content (AvgIpc) is 2.59. The van der Waals surface area contributed by atoms with Crippen LogP contribution in [-0.4, -0.2) is 41.6 Å². The van der Waals surface area contributed by atoms with Crippen molar-refractivity contribution in [3.8, 4) is 0 Å². The summed E-state index contributed by atoms with van der Waals surface area (Å²) in [6.45, 7) is 4.46. The zero-order valence-electron chi connectivity index (χ0n) is 14.0. The molecule has 3 rings (SSSR count). The second-order valence-electron chi connectivity index (χ2n) is 6.28. The van der Waals surface area contributed by atoms with Crippen LogP contribution >= 0.6 is 12.2 Å². The maximum atomic E-state index is 13.8. The van der Waals surface area contributed by atoms with Gasteiger partial charge in [0, 0.05) is 25.3 Å². The molecule has 0 amide bonds. The molecule has 1 atom stereocenters. The van der Waals surface area contributed by atoms with E-state index in [4.69, 9.17) is 12.2 Å². The fourth-order valence-corrected chi connectivity index (χ4v) is 3.33. The minimum absolute atomic E-state index is 0.195. The first-order valence-corrected chi connectivity index (χ1v) is 8.52. The van der Waals surface area contributed by atoms with Gasteiger partial charge in [0.25, 0.3) is 0 Å². The molecule has 0 spiro atoms. The lowest BCUT2D eigenvalue weighted by Crippen LogP contribution is -2.50. The van der Waals surface area contributed by atoms with Crippen molar-refractivity contribution in [2.45, 2.75) is 13.0 Å². The lowest BCUT2D eigenvalue weighted by Gasteiger charge is -2.41. The minimum atomic E-state index is -0.221. The van der Waals surface area contributed by atoms with E-state index in [1.165, 1.54) is 11.6 Å². The summed E-state index contributed by atoms with van der Waals surface area (Å²) >= 11 is 5.62. The number of rotatable bonds is 2. The van der Waals surface area contributed by atoms with Crippen molar-refractivity contribution in [2.24, 2.45) is 0 Å². The van der Waals surface area contributed by atoms with Gasteiger partial charge < -0.3 is 15.1 Å². The number of anilines is 1. The molecule has 0 bridgehead atoms. The van der Waals surface area contributed by atoms with Crippen LogP contribution in [0.1, 0.15) is 17.2 Å². The topological polar surface area (TPSA) is 18.5 Å². The van der Waals surface area contributed by atoms with Crippen LogP contribution < -0.4 is 5.32 Å². The van der Waals surface area contributed by atoms with Gasteiger partial charge >= 0.3 is 0 Å². The monoisotopic (exact) mass is 343 g/mol. The fraction of sp³-hybridized carbons (Fsp3) is 0.316. The van der Waals surface area contributed by atoms with Crippen molar-refractivity contribution in [1.82, 2.24) is 9.80 Å². The van der Waals surface area contributed by atoms with E-state index in [9.17, 15) is 4.39 Å². The lowest BCUT2D eigenvalue weighted by atomic mass is 10.0. The fourth-order valence-electron chi connectivity index (χ4n) is 2.99. The first kappa shape index (κ1) is 16.9. The molecule has 0 aromatic heterocycles. The summed E-state index contributed by atoms with van der Waals surface area (Å²) in [6, 6.07) is 15.7. The molecule has 126 valence electrons. The van der Waals surface area contributed by atoms with Gasteiger partial charge in [-0.1, -0.05) is 36.4 Å². The number of thiocarbonyl (C=S) groups is 1. The van der Waals surface area contributed by atoms with Gasteiger partial charge in [-0.3, -0.25) is 0 Å². The van der Waals surface area contributed by atoms with E-state index in [1.54, 1.807) is 13.0 Å². The zero-order chi connectivity index (χ0) is 17.1. The molecule has 1 aliphatic rings. The third-order valence-electron chi connectivity index (χ3n) is 4.45. The summed E-state index contributed by atoms with van der Waals surface area (Å²) in [6.07, 6.45) is 0. The Morgan fingerprint density at radius 3 is 2.62 bits per heavy atom. The number of aryl methyl sites for hydroxylation is 1. The SMILES string of the molecule is Cc1ccc(NC(=S)N2CCN(C)C[C@@H]2c2ccccc2)cc1F. The molecule has 2 aromatic carbocycles. The number of hydrogen-bond acceptors (Lipinski definition) is 2. The van der Waals surface area contributed by atoms with Crippen LogP contribution in [0.25, 0.3) is 0 Å². The summed E-state index contributed by atoms with van der Waals surface area (Å²) in [5.74, 6) is -0.221. The number of nitrogens with one attached hydrogen (secondary N) is 1. The van der Waals surface area contributed by atoms with Crippen LogP contribution in [0, 0.1) is 12.7 Å². The van der Waals surface area contributed by atoms with Crippen LogP contribution in [0.4, 0.5) is 10.1 Å². The lowest BCUT2D eigenvalue weighted by molar-refractivity contribution is 0.153. The minimum Gasteiger partial charge on any atom is -0.339 e. The molecule has 1 saturated heterocycles. The highest BCUT2D eigenvalue weighted by atomic mass is 32.1. The van der Waals surface area contributed by atoms with Crippen LogP contribution in [-0.2, 0) is 0 Å². The summed E-state index contributed by atoms with van der Waals surface area (Å²) in [5.41, 5.74) is 2.56. The Hall–Kier alpha value is -1.98. The maximum Gasteiger partial charge on any atom is 0.174 e. The Bertz CT molecular complexity index is 720. The number of likely N-dealkylation sites (N-methyl/N-ethyl adjacent to an activating group) is 1. The molecule has 1 fully saturated rings. The standard InChI is InChI=1S/C19H22FN3S/c1-14-8-9-16(12-17(14)20)21-19(24)23-11-10-22(2)13-18(23)15-6-4-3-5-7-15/h3-9,12,18H,10-11,13H2,1-2H3,(H,21,24)/t18-/m1/s1. The zero-order valence-corrected chi connectivity index (χ0v) is 14.8. The summed E-state index contributed by atoms with van der Waals surface area (Å²) in [4.78, 5) is 4.50. The van der Waals surface area contributed by atoms with Gasteiger partial charge in [-0.05, 0) is 49.4 Å². The number of hydrogen-bond donors (Lipinski definition) is 1. The van der Waals surface area contributed by atoms with Gasteiger partial charge in [0.2, 0.25) is 0 Å². The molecule has 0 aliphatic carbocycles. The summed E-state index contributed by atoms with van der Waals surface area (Å²) < 4.78 is 13.8. The van der Waals surface area contributed by atoms with E-state index < -0.39 is 0 Å². The first-order chi connectivity index (χ1) is 11.5. The smallest absolute Gasteiger partial charge is 0.174 e. The van der Waals surface area contributed by atoms with E-state index in [0.717, 1.165) is 19.6 Å². The molecule has 0 radical (unpaired) electrons. The maximum absolute atomic E-state index is 13.8. The van der Waals surface area contributed by atoms with Crippen molar-refractivity contribution in [3.63, 3.8) is 0 Å². The third kappa shape index (κ3) is 3.74. The van der Waals surface area contributed by atoms with Crippen molar-refractivity contribution < 1.29 is 4.39 Å². The van der Waals surface area contributed by atoms with Crippen molar-refractivity contribution in [2.75, 3.05) is 32.0 Å². The second kappa shape index (κ2) is 7.28. The van der Waals surface area contributed by atoms with E-state index in [0.29, 0.717) is 16.4 Å². The van der Waals surface area contributed by atoms with E-state index in [1.807, 2.05) is 24.3 Å².